The van der Waals surface area contributed by atoms with Crippen molar-refractivity contribution in [3.63, 3.8) is 0 Å². The minimum absolute atomic E-state index is 0.0827. The van der Waals surface area contributed by atoms with Crippen LogP contribution in [0.1, 0.15) is 56.1 Å². The molecule has 120 valence electrons. The molecule has 2 aliphatic carbocycles. The Morgan fingerprint density at radius 3 is 2.87 bits per heavy atom. The van der Waals surface area contributed by atoms with Crippen molar-refractivity contribution in [1.29, 1.82) is 0 Å². The second-order valence-electron chi connectivity index (χ2n) is 7.59. The van der Waals surface area contributed by atoms with Crippen molar-refractivity contribution < 1.29 is 9.53 Å². The molecule has 1 N–H and O–H groups in total. The molecule has 2 aliphatic heterocycles. The van der Waals surface area contributed by atoms with Gasteiger partial charge < -0.3 is 4.74 Å². The average Bonchev–Trinajstić information content (AvgIpc) is 3.37. The predicted octanol–water partition coefficient (Wildman–Crippen LogP) is 3.18. The van der Waals surface area contributed by atoms with E-state index in [9.17, 15) is 4.79 Å². The number of nitrogens with one attached hydrogen (secondary N) is 1. The van der Waals surface area contributed by atoms with Crippen LogP contribution < -0.4 is 10.2 Å². The van der Waals surface area contributed by atoms with Gasteiger partial charge in [-0.05, 0) is 74.3 Å². The van der Waals surface area contributed by atoms with Crippen LogP contribution in [0.3, 0.4) is 0 Å². The quantitative estimate of drug-likeness (QED) is 0.866. The SMILES string of the molecule is O=C1NN=C(c2ccc3c(c2)CCC2(CCCCC2)O3)C2CC12. The van der Waals surface area contributed by atoms with Crippen LogP contribution in [0.15, 0.2) is 23.3 Å². The Hall–Kier alpha value is -1.84. The van der Waals surface area contributed by atoms with E-state index in [4.69, 9.17) is 4.74 Å². The first kappa shape index (κ1) is 13.6. The van der Waals surface area contributed by atoms with Crippen molar-refractivity contribution in [3.8, 4) is 5.75 Å². The molecule has 2 unspecified atom stereocenters. The van der Waals surface area contributed by atoms with Crippen molar-refractivity contribution >= 4 is 11.6 Å². The van der Waals surface area contributed by atoms with E-state index in [0.29, 0.717) is 5.92 Å². The van der Waals surface area contributed by atoms with Crippen LogP contribution >= 0.6 is 0 Å². The number of hydrogen-bond donors (Lipinski definition) is 1. The molecule has 1 spiro atoms. The van der Waals surface area contributed by atoms with Crippen LogP contribution in [-0.2, 0) is 11.2 Å². The van der Waals surface area contributed by atoms with Gasteiger partial charge in [0.2, 0.25) is 5.91 Å². The fraction of sp³-hybridized carbons (Fsp3) is 0.579. The zero-order valence-electron chi connectivity index (χ0n) is 13.3. The summed E-state index contributed by atoms with van der Waals surface area (Å²) in [5.41, 5.74) is 6.27. The number of rotatable bonds is 1. The molecule has 2 fully saturated rings. The second kappa shape index (κ2) is 4.83. The fourth-order valence-corrected chi connectivity index (χ4v) is 4.58. The zero-order valence-corrected chi connectivity index (χ0v) is 13.3. The van der Waals surface area contributed by atoms with Gasteiger partial charge in [-0.3, -0.25) is 4.79 Å². The molecule has 2 saturated carbocycles. The molecular formula is C19H22N2O2. The number of aryl methyl sites for hydroxylation is 1. The molecule has 0 radical (unpaired) electrons. The molecule has 1 amide bonds. The Kier molecular flexibility index (Phi) is 2.85. The molecule has 1 aromatic carbocycles. The maximum Gasteiger partial charge on any atom is 0.243 e. The van der Waals surface area contributed by atoms with Crippen LogP contribution in [-0.4, -0.2) is 17.2 Å². The molecule has 0 bridgehead atoms. The van der Waals surface area contributed by atoms with E-state index in [1.807, 2.05) is 0 Å². The van der Waals surface area contributed by atoms with Gasteiger partial charge in [-0.1, -0.05) is 6.42 Å². The number of hydrogen-bond acceptors (Lipinski definition) is 3. The summed E-state index contributed by atoms with van der Waals surface area (Å²) in [5.74, 6) is 1.63. The van der Waals surface area contributed by atoms with E-state index in [0.717, 1.165) is 36.3 Å². The largest absolute Gasteiger partial charge is 0.487 e. The van der Waals surface area contributed by atoms with Gasteiger partial charge in [0.25, 0.3) is 0 Å². The maximum absolute atomic E-state index is 11.6. The van der Waals surface area contributed by atoms with Crippen molar-refractivity contribution in [2.24, 2.45) is 16.9 Å². The first-order valence-electron chi connectivity index (χ1n) is 8.94. The van der Waals surface area contributed by atoms with Gasteiger partial charge in [0.05, 0.1) is 5.71 Å². The highest BCUT2D eigenvalue weighted by Gasteiger charge is 2.49. The summed E-state index contributed by atoms with van der Waals surface area (Å²) in [4.78, 5) is 11.6. The highest BCUT2D eigenvalue weighted by Crippen LogP contribution is 2.45. The lowest BCUT2D eigenvalue weighted by molar-refractivity contribution is -0.122. The summed E-state index contributed by atoms with van der Waals surface area (Å²) in [6, 6.07) is 6.47. The van der Waals surface area contributed by atoms with Crippen LogP contribution in [0.4, 0.5) is 0 Å². The van der Waals surface area contributed by atoms with Crippen molar-refractivity contribution in [2.75, 3.05) is 0 Å². The number of hydrazone groups is 1. The van der Waals surface area contributed by atoms with Gasteiger partial charge in [-0.2, -0.15) is 5.10 Å². The maximum atomic E-state index is 11.6. The van der Waals surface area contributed by atoms with Crippen molar-refractivity contribution in [3.05, 3.63) is 29.3 Å². The van der Waals surface area contributed by atoms with Crippen molar-refractivity contribution in [2.45, 2.75) is 57.0 Å². The van der Waals surface area contributed by atoms with E-state index in [2.05, 4.69) is 28.7 Å². The van der Waals surface area contributed by atoms with Crippen LogP contribution in [0.2, 0.25) is 0 Å². The van der Waals surface area contributed by atoms with E-state index < -0.39 is 0 Å². The molecular weight excluding hydrogens is 288 g/mol. The second-order valence-corrected chi connectivity index (χ2v) is 7.59. The topological polar surface area (TPSA) is 50.7 Å². The lowest BCUT2D eigenvalue weighted by Gasteiger charge is -2.41. The number of amides is 1. The Morgan fingerprint density at radius 1 is 1.13 bits per heavy atom. The summed E-state index contributed by atoms with van der Waals surface area (Å²) >= 11 is 0. The molecule has 1 aromatic rings. The number of nitrogens with zero attached hydrogens (tertiary/aromatic N) is 1. The third kappa shape index (κ3) is 2.19. The Morgan fingerprint density at radius 2 is 2.00 bits per heavy atom. The summed E-state index contributed by atoms with van der Waals surface area (Å²) in [5, 5.41) is 4.31. The minimum Gasteiger partial charge on any atom is -0.487 e. The molecule has 4 heteroatoms. The standard InChI is InChI=1S/C19H22N2O2/c22-18-15-11-14(15)17(20-21-18)13-4-5-16-12(10-13)6-9-19(23-16)7-2-1-3-8-19/h4-5,10,14-15H,1-3,6-9,11H2,(H,21,22). The first-order chi connectivity index (χ1) is 11.2. The monoisotopic (exact) mass is 310 g/mol. The van der Waals surface area contributed by atoms with Crippen LogP contribution in [0.25, 0.3) is 0 Å². The summed E-state index contributed by atoms with van der Waals surface area (Å²) in [6.45, 7) is 0. The van der Waals surface area contributed by atoms with Crippen molar-refractivity contribution in [1.82, 2.24) is 5.43 Å². The fourth-order valence-electron chi connectivity index (χ4n) is 4.58. The number of benzene rings is 1. The number of ether oxygens (including phenoxy) is 1. The Bertz CT molecular complexity index is 703. The van der Waals surface area contributed by atoms with E-state index in [1.54, 1.807) is 0 Å². The summed E-state index contributed by atoms with van der Waals surface area (Å²) in [6.07, 6.45) is 9.54. The van der Waals surface area contributed by atoms with Gasteiger partial charge >= 0.3 is 0 Å². The lowest BCUT2D eigenvalue weighted by Crippen LogP contribution is -2.41. The molecule has 2 atom stereocenters. The van der Waals surface area contributed by atoms with Gasteiger partial charge in [0.15, 0.2) is 0 Å². The predicted molar refractivity (Wildman–Crippen MR) is 87.5 cm³/mol. The Labute approximate surface area is 136 Å². The smallest absolute Gasteiger partial charge is 0.243 e. The highest BCUT2D eigenvalue weighted by molar-refractivity contribution is 6.09. The summed E-state index contributed by atoms with van der Waals surface area (Å²) < 4.78 is 6.45. The number of fused-ring (bicyclic) bond motifs is 2. The van der Waals surface area contributed by atoms with Crippen LogP contribution in [0, 0.1) is 11.8 Å². The molecule has 4 nitrogen and oxygen atoms in total. The lowest BCUT2D eigenvalue weighted by atomic mass is 9.78. The molecule has 23 heavy (non-hydrogen) atoms. The normalized spacial score (nSPS) is 30.6. The molecule has 0 saturated heterocycles. The molecule has 4 aliphatic rings. The van der Waals surface area contributed by atoms with Gasteiger partial charge in [0.1, 0.15) is 11.4 Å². The van der Waals surface area contributed by atoms with Crippen LogP contribution in [0.5, 0.6) is 5.75 Å². The third-order valence-electron chi connectivity index (χ3n) is 6.06. The molecule has 5 rings (SSSR count). The van der Waals surface area contributed by atoms with Gasteiger partial charge in [0, 0.05) is 11.8 Å². The van der Waals surface area contributed by atoms with Gasteiger partial charge in [-0.15, -0.1) is 0 Å². The number of carbonyl (C=O) groups is 1. The number of carbonyl (C=O) groups excluding carboxylic acids is 1. The highest BCUT2D eigenvalue weighted by atomic mass is 16.5. The van der Waals surface area contributed by atoms with E-state index in [1.165, 1.54) is 37.7 Å². The average molecular weight is 310 g/mol. The minimum atomic E-state index is 0.0827. The van der Waals surface area contributed by atoms with E-state index in [-0.39, 0.29) is 17.4 Å². The van der Waals surface area contributed by atoms with Gasteiger partial charge in [-0.25, -0.2) is 5.43 Å². The molecule has 0 aromatic heterocycles. The third-order valence-corrected chi connectivity index (χ3v) is 6.06. The first-order valence-corrected chi connectivity index (χ1v) is 8.94. The molecule has 2 heterocycles. The Balaban J connectivity index is 1.42. The summed E-state index contributed by atoms with van der Waals surface area (Å²) in [7, 11) is 0. The zero-order chi connectivity index (χ0) is 15.4. The van der Waals surface area contributed by atoms with E-state index >= 15 is 0 Å².